The van der Waals surface area contributed by atoms with Crippen LogP contribution in [0.3, 0.4) is 0 Å². The van der Waals surface area contributed by atoms with E-state index in [1.54, 1.807) is 109 Å². The van der Waals surface area contributed by atoms with Crippen LogP contribution in [0.5, 0.6) is 17.2 Å². The predicted molar refractivity (Wildman–Crippen MR) is 185 cm³/mol. The van der Waals surface area contributed by atoms with Gasteiger partial charge in [-0.25, -0.2) is 0 Å². The summed E-state index contributed by atoms with van der Waals surface area (Å²) in [4.78, 5) is 31.6. The van der Waals surface area contributed by atoms with Crippen molar-refractivity contribution in [3.05, 3.63) is 176 Å². The van der Waals surface area contributed by atoms with Crippen molar-refractivity contribution in [1.29, 1.82) is 0 Å². The second kappa shape index (κ2) is 14.1. The van der Waals surface area contributed by atoms with Crippen molar-refractivity contribution in [3.8, 4) is 50.6 Å². The molecule has 0 saturated carbocycles. The summed E-state index contributed by atoms with van der Waals surface area (Å²) < 4.78 is 31.8. The van der Waals surface area contributed by atoms with E-state index in [0.717, 1.165) is 33.4 Å². The lowest BCUT2D eigenvalue weighted by Gasteiger charge is -2.20. The average Bonchev–Trinajstić information content (AvgIpc) is 3.12. The number of phosphoric acid groups is 1. The minimum absolute atomic E-state index is 0.0366. The molecule has 0 radical (unpaired) electrons. The van der Waals surface area contributed by atoms with Crippen molar-refractivity contribution >= 4 is 24.9 Å². The molecular weight excluding hydrogens is 665 g/mol. The van der Waals surface area contributed by atoms with Gasteiger partial charge in [0.05, 0.1) is 14.8 Å². The van der Waals surface area contributed by atoms with Crippen LogP contribution in [0.2, 0.25) is 0 Å². The molecule has 0 spiro atoms. The molecule has 0 N–H and O–H groups in total. The molecule has 248 valence electrons. The highest BCUT2D eigenvalue weighted by molar-refractivity contribution is 7.49. The van der Waals surface area contributed by atoms with E-state index in [0.29, 0.717) is 0 Å². The molecule has 13 nitrogen and oxygen atoms in total. The Bertz CT molecular complexity index is 1950. The Hall–Kier alpha value is -6.85. The lowest BCUT2D eigenvalue weighted by atomic mass is 10.1. The van der Waals surface area contributed by atoms with Gasteiger partial charge in [0, 0.05) is 36.4 Å². The Morgan fingerprint density at radius 2 is 0.520 bits per heavy atom. The number of nitrogens with zero attached hydrogens (tertiary/aromatic N) is 3. The molecule has 0 unspecified atom stereocenters. The molecule has 0 aliphatic carbocycles. The summed E-state index contributed by atoms with van der Waals surface area (Å²) in [5, 5.41) is 33.0. The monoisotopic (exact) mass is 689 g/mol. The molecule has 6 rings (SSSR count). The molecular formula is C36H24N3O10P. The molecule has 0 fully saturated rings. The molecule has 14 heteroatoms. The molecule has 0 saturated heterocycles. The SMILES string of the molecule is O=[N+]([O-])c1ccc(-c2ccc(OP(=O)(Oc3ccc(-c4ccc([N+](=O)[O-])cc4)cc3)Oc3ccc(-c4ccc([N+](=O)[O-])cc4)cc3)cc2)cc1. The van der Waals surface area contributed by atoms with Crippen LogP contribution in [0.4, 0.5) is 17.1 Å². The maximum atomic E-state index is 14.2. The van der Waals surface area contributed by atoms with Crippen molar-refractivity contribution < 1.29 is 32.9 Å². The van der Waals surface area contributed by atoms with Gasteiger partial charge in [-0.15, -0.1) is 0 Å². The Labute approximate surface area is 284 Å². The predicted octanol–water partition coefficient (Wildman–Crippen LogP) is 10.1. The van der Waals surface area contributed by atoms with Crippen molar-refractivity contribution in [3.63, 3.8) is 0 Å². The molecule has 0 heterocycles. The first-order valence-electron chi connectivity index (χ1n) is 14.8. The smallest absolute Gasteiger partial charge is 0.386 e. The van der Waals surface area contributed by atoms with Gasteiger partial charge in [-0.1, -0.05) is 36.4 Å². The lowest BCUT2D eigenvalue weighted by Crippen LogP contribution is -2.07. The first-order chi connectivity index (χ1) is 24.0. The molecule has 0 aromatic heterocycles. The highest BCUT2D eigenvalue weighted by atomic mass is 31.2. The van der Waals surface area contributed by atoms with Crippen molar-refractivity contribution in [1.82, 2.24) is 0 Å². The van der Waals surface area contributed by atoms with Crippen LogP contribution in [-0.4, -0.2) is 14.8 Å². The van der Waals surface area contributed by atoms with Gasteiger partial charge in [-0.05, 0) is 106 Å². The first-order valence-corrected chi connectivity index (χ1v) is 16.2. The van der Waals surface area contributed by atoms with Gasteiger partial charge in [0.1, 0.15) is 17.2 Å². The lowest BCUT2D eigenvalue weighted by molar-refractivity contribution is -0.385. The van der Waals surface area contributed by atoms with Gasteiger partial charge in [0.15, 0.2) is 0 Å². The van der Waals surface area contributed by atoms with Crippen LogP contribution >= 0.6 is 7.82 Å². The summed E-state index contributed by atoms with van der Waals surface area (Å²) in [6.07, 6.45) is 0. The summed E-state index contributed by atoms with van der Waals surface area (Å²) in [6.45, 7) is 0. The minimum Gasteiger partial charge on any atom is -0.386 e. The van der Waals surface area contributed by atoms with Crippen LogP contribution in [0.15, 0.2) is 146 Å². The second-order valence-corrected chi connectivity index (χ2v) is 12.1. The number of rotatable bonds is 12. The summed E-state index contributed by atoms with van der Waals surface area (Å²) in [7, 11) is -4.42. The quantitative estimate of drug-likeness (QED) is 0.0683. The summed E-state index contributed by atoms with van der Waals surface area (Å²) >= 11 is 0. The largest absolute Gasteiger partial charge is 0.647 e. The number of hydrogen-bond donors (Lipinski definition) is 0. The second-order valence-electron chi connectivity index (χ2n) is 10.7. The molecule has 0 bridgehead atoms. The van der Waals surface area contributed by atoms with E-state index in [2.05, 4.69) is 0 Å². The fourth-order valence-electron chi connectivity index (χ4n) is 4.89. The van der Waals surface area contributed by atoms with Gasteiger partial charge in [-0.3, -0.25) is 30.3 Å². The third-order valence-electron chi connectivity index (χ3n) is 7.45. The molecule has 0 atom stereocenters. The normalized spacial score (nSPS) is 11.0. The molecule has 50 heavy (non-hydrogen) atoms. The highest BCUT2D eigenvalue weighted by Crippen LogP contribution is 2.50. The Morgan fingerprint density at radius 1 is 0.340 bits per heavy atom. The van der Waals surface area contributed by atoms with E-state index < -0.39 is 22.6 Å². The Kier molecular flexibility index (Phi) is 9.32. The number of nitro groups is 3. The zero-order valence-corrected chi connectivity index (χ0v) is 26.6. The molecule has 6 aromatic carbocycles. The van der Waals surface area contributed by atoms with Gasteiger partial charge >= 0.3 is 7.82 Å². The van der Waals surface area contributed by atoms with Gasteiger partial charge < -0.3 is 13.6 Å². The van der Waals surface area contributed by atoms with E-state index in [9.17, 15) is 34.9 Å². The standard InChI is InChI=1S/C36H24N3O10P/c40-37(41)31-13-1-25(2-14-31)28-7-19-34(20-8-28)47-50(46,48-35-21-9-29(10-22-35)26-3-15-32(16-4-26)38(42)43)49-36-23-11-30(12-24-36)27-5-17-33(18-6-27)39(44)45/h1-24H. The summed E-state index contributed by atoms with van der Waals surface area (Å²) in [6, 6.07) is 37.6. The highest BCUT2D eigenvalue weighted by Gasteiger charge is 2.33. The maximum absolute atomic E-state index is 14.2. The maximum Gasteiger partial charge on any atom is 0.647 e. The van der Waals surface area contributed by atoms with E-state index in [1.165, 1.54) is 36.4 Å². The topological polar surface area (TPSA) is 174 Å². The number of nitro benzene ring substituents is 3. The Morgan fingerprint density at radius 3 is 0.700 bits per heavy atom. The number of hydrogen-bond acceptors (Lipinski definition) is 10. The molecule has 6 aromatic rings. The fraction of sp³-hybridized carbons (Fsp3) is 0. The summed E-state index contributed by atoms with van der Waals surface area (Å²) in [5.41, 5.74) is 4.24. The zero-order valence-electron chi connectivity index (χ0n) is 25.7. The van der Waals surface area contributed by atoms with E-state index in [-0.39, 0.29) is 34.3 Å². The molecule has 0 amide bonds. The van der Waals surface area contributed by atoms with Gasteiger partial charge in [0.2, 0.25) is 0 Å². The third kappa shape index (κ3) is 7.81. The van der Waals surface area contributed by atoms with Gasteiger partial charge in [0.25, 0.3) is 17.1 Å². The average molecular weight is 690 g/mol. The number of phosphoric ester groups is 1. The minimum atomic E-state index is -4.42. The van der Waals surface area contributed by atoms with Gasteiger partial charge in [-0.2, -0.15) is 4.57 Å². The van der Waals surface area contributed by atoms with Crippen molar-refractivity contribution in [2.24, 2.45) is 0 Å². The van der Waals surface area contributed by atoms with Crippen LogP contribution in [-0.2, 0) is 4.57 Å². The summed E-state index contributed by atoms with van der Waals surface area (Å²) in [5.74, 6) is 0.469. The fourth-order valence-corrected chi connectivity index (χ4v) is 6.15. The van der Waals surface area contributed by atoms with Crippen molar-refractivity contribution in [2.45, 2.75) is 0 Å². The third-order valence-corrected chi connectivity index (χ3v) is 8.75. The van der Waals surface area contributed by atoms with Crippen LogP contribution in [0, 0.1) is 30.3 Å². The number of benzene rings is 6. The molecule has 0 aliphatic heterocycles. The van der Waals surface area contributed by atoms with E-state index in [4.69, 9.17) is 13.6 Å². The van der Waals surface area contributed by atoms with Crippen molar-refractivity contribution in [2.75, 3.05) is 0 Å². The first kappa shape index (κ1) is 33.1. The molecule has 0 aliphatic rings. The van der Waals surface area contributed by atoms with E-state index >= 15 is 0 Å². The van der Waals surface area contributed by atoms with Crippen LogP contribution in [0.25, 0.3) is 33.4 Å². The Balaban J connectivity index is 1.24. The van der Waals surface area contributed by atoms with Crippen LogP contribution in [0.1, 0.15) is 0 Å². The van der Waals surface area contributed by atoms with Crippen LogP contribution < -0.4 is 13.6 Å². The van der Waals surface area contributed by atoms with E-state index in [1.807, 2.05) is 0 Å². The number of non-ortho nitro benzene ring substituents is 3. The zero-order chi connectivity index (χ0) is 35.3.